The van der Waals surface area contributed by atoms with Gasteiger partial charge in [-0.15, -0.1) is 0 Å². The maximum absolute atomic E-state index is 11.0. The van der Waals surface area contributed by atoms with Crippen LogP contribution in [0, 0.1) is 0 Å². The van der Waals surface area contributed by atoms with E-state index < -0.39 is 5.97 Å². The van der Waals surface area contributed by atoms with Gasteiger partial charge in [-0.3, -0.25) is 0 Å². The molecule has 0 unspecified atom stereocenters. The number of carboxylic acid groups (broad SMARTS) is 1. The van der Waals surface area contributed by atoms with Crippen LogP contribution in [0.1, 0.15) is 43.6 Å². The Hall–Kier alpha value is -2.88. The lowest BCUT2D eigenvalue weighted by Gasteiger charge is -2.31. The van der Waals surface area contributed by atoms with Gasteiger partial charge in [0.05, 0.1) is 11.3 Å². The van der Waals surface area contributed by atoms with E-state index in [2.05, 4.69) is 41.9 Å². The molecule has 0 bridgehead atoms. The minimum absolute atomic E-state index is 0.230. The second-order valence-electron chi connectivity index (χ2n) is 6.01. The van der Waals surface area contributed by atoms with E-state index in [9.17, 15) is 4.79 Å². The number of rotatable bonds is 5. The van der Waals surface area contributed by atoms with Crippen molar-refractivity contribution in [3.63, 3.8) is 0 Å². The summed E-state index contributed by atoms with van der Waals surface area (Å²) in [5.41, 5.74) is 3.22. The molecule has 25 heavy (non-hydrogen) atoms. The average Bonchev–Trinajstić information content (AvgIpc) is 2.60. The maximum atomic E-state index is 11.0. The Balaban J connectivity index is 2.37. The zero-order chi connectivity index (χ0) is 18.4. The largest absolute Gasteiger partial charge is 0.478 e. The zero-order valence-corrected chi connectivity index (χ0v) is 15.1. The topological polar surface area (TPSA) is 52.9 Å². The first-order valence-corrected chi connectivity index (χ1v) is 8.33. The number of carboxylic acids is 1. The molecular formula is C21H24N2O2. The Bertz CT molecular complexity index is 775. The molecule has 0 saturated carbocycles. The second kappa shape index (κ2) is 8.29. The number of amidine groups is 1. The highest BCUT2D eigenvalue weighted by Crippen LogP contribution is 2.24. The first kappa shape index (κ1) is 18.5. The highest BCUT2D eigenvalue weighted by molar-refractivity contribution is 5.92. The summed E-state index contributed by atoms with van der Waals surface area (Å²) in [4.78, 5) is 17.8. The predicted octanol–water partition coefficient (Wildman–Crippen LogP) is 5.21. The summed E-state index contributed by atoms with van der Waals surface area (Å²) in [5.74, 6) is -0.0774. The molecular weight excluding hydrogens is 312 g/mol. The highest BCUT2D eigenvalue weighted by Gasteiger charge is 2.17. The quantitative estimate of drug-likeness (QED) is 0.602. The summed E-state index contributed by atoms with van der Waals surface area (Å²) in [5, 5.41) is 9.00. The Kier molecular flexibility index (Phi) is 6.12. The molecule has 0 aliphatic carbocycles. The van der Waals surface area contributed by atoms with Crippen LogP contribution in [0.2, 0.25) is 0 Å². The number of aliphatic imine (C=N–C) groups is 1. The van der Waals surface area contributed by atoms with E-state index in [1.165, 1.54) is 0 Å². The van der Waals surface area contributed by atoms with Crippen molar-refractivity contribution in [3.05, 3.63) is 71.8 Å². The van der Waals surface area contributed by atoms with E-state index in [4.69, 9.17) is 5.11 Å². The molecule has 0 fully saturated rings. The number of carbonyl (C=O) groups is 1. The Morgan fingerprint density at radius 1 is 1.04 bits per heavy atom. The number of hydrogen-bond acceptors (Lipinski definition) is 2. The van der Waals surface area contributed by atoms with E-state index in [0.717, 1.165) is 22.8 Å². The summed E-state index contributed by atoms with van der Waals surface area (Å²) in [6.07, 6.45) is 2.09. The average molecular weight is 336 g/mol. The van der Waals surface area contributed by atoms with Gasteiger partial charge in [0.2, 0.25) is 0 Å². The zero-order valence-electron chi connectivity index (χ0n) is 15.1. The molecule has 0 atom stereocenters. The SMILES string of the molecule is C/C=C(/c1ccccc1)N(C(C)=Nc1ccc(C(=O)O)cc1)C(C)C. The first-order valence-electron chi connectivity index (χ1n) is 8.33. The van der Waals surface area contributed by atoms with Crippen molar-refractivity contribution in [1.29, 1.82) is 0 Å². The summed E-state index contributed by atoms with van der Waals surface area (Å²) in [7, 11) is 0. The molecule has 2 rings (SSSR count). The van der Waals surface area contributed by atoms with E-state index in [1.54, 1.807) is 24.3 Å². The summed E-state index contributed by atoms with van der Waals surface area (Å²) in [6, 6.07) is 17.0. The highest BCUT2D eigenvalue weighted by atomic mass is 16.4. The Morgan fingerprint density at radius 2 is 1.64 bits per heavy atom. The third-order valence-corrected chi connectivity index (χ3v) is 3.87. The van der Waals surface area contributed by atoms with Crippen molar-refractivity contribution in [1.82, 2.24) is 4.90 Å². The lowest BCUT2D eigenvalue weighted by atomic mass is 10.1. The normalized spacial score (nSPS) is 12.4. The molecule has 0 aromatic heterocycles. The number of benzene rings is 2. The third-order valence-electron chi connectivity index (χ3n) is 3.87. The van der Waals surface area contributed by atoms with Gasteiger partial charge < -0.3 is 10.0 Å². The van der Waals surface area contributed by atoms with Crippen LogP contribution in [0.4, 0.5) is 5.69 Å². The number of aromatic carboxylic acids is 1. The molecule has 4 heteroatoms. The molecule has 0 saturated heterocycles. The minimum atomic E-state index is -0.934. The summed E-state index contributed by atoms with van der Waals surface area (Å²) in [6.45, 7) is 8.24. The molecule has 0 heterocycles. The van der Waals surface area contributed by atoms with Crippen LogP contribution in [0.15, 0.2) is 65.7 Å². The van der Waals surface area contributed by atoms with Gasteiger partial charge in [-0.25, -0.2) is 9.79 Å². The fraction of sp³-hybridized carbons (Fsp3) is 0.238. The Labute approximate surface area is 149 Å². The monoisotopic (exact) mass is 336 g/mol. The number of nitrogens with zero attached hydrogens (tertiary/aromatic N) is 2. The summed E-state index contributed by atoms with van der Waals surface area (Å²) >= 11 is 0. The molecule has 0 aliphatic rings. The number of hydrogen-bond donors (Lipinski definition) is 1. The van der Waals surface area contributed by atoms with Gasteiger partial charge in [-0.05, 0) is 57.5 Å². The van der Waals surface area contributed by atoms with Gasteiger partial charge in [-0.1, -0.05) is 36.4 Å². The fourth-order valence-electron chi connectivity index (χ4n) is 2.80. The van der Waals surface area contributed by atoms with E-state index in [0.29, 0.717) is 0 Å². The van der Waals surface area contributed by atoms with Crippen molar-refractivity contribution < 1.29 is 9.90 Å². The molecule has 0 radical (unpaired) electrons. The van der Waals surface area contributed by atoms with Crippen LogP contribution < -0.4 is 0 Å². The van der Waals surface area contributed by atoms with E-state index in [-0.39, 0.29) is 11.6 Å². The van der Waals surface area contributed by atoms with Crippen LogP contribution in [0.3, 0.4) is 0 Å². The van der Waals surface area contributed by atoms with Crippen molar-refractivity contribution in [2.45, 2.75) is 33.7 Å². The van der Waals surface area contributed by atoms with Crippen LogP contribution in [-0.2, 0) is 0 Å². The van der Waals surface area contributed by atoms with E-state index >= 15 is 0 Å². The standard InChI is InChI=1S/C21H24N2O2/c1-5-20(17-9-7-6-8-10-17)23(15(2)3)16(4)22-19-13-11-18(12-14-19)21(24)25/h5-15H,1-4H3,(H,24,25)/b20-5-,22-16?. The van der Waals surface area contributed by atoms with Gasteiger partial charge in [0.1, 0.15) is 5.84 Å². The molecule has 130 valence electrons. The van der Waals surface area contributed by atoms with Crippen LogP contribution in [-0.4, -0.2) is 27.9 Å². The molecule has 0 aliphatic heterocycles. The van der Waals surface area contributed by atoms with Crippen molar-refractivity contribution >= 4 is 23.2 Å². The molecule has 2 aromatic carbocycles. The third kappa shape index (κ3) is 4.57. The van der Waals surface area contributed by atoms with Crippen molar-refractivity contribution in [2.24, 2.45) is 4.99 Å². The van der Waals surface area contributed by atoms with Gasteiger partial charge in [0, 0.05) is 11.7 Å². The van der Waals surface area contributed by atoms with Gasteiger partial charge >= 0.3 is 5.97 Å². The van der Waals surface area contributed by atoms with Crippen molar-refractivity contribution in [2.75, 3.05) is 0 Å². The lowest BCUT2D eigenvalue weighted by molar-refractivity contribution is 0.0697. The molecule has 1 N–H and O–H groups in total. The molecule has 2 aromatic rings. The van der Waals surface area contributed by atoms with Crippen LogP contribution >= 0.6 is 0 Å². The van der Waals surface area contributed by atoms with Crippen LogP contribution in [0.25, 0.3) is 5.70 Å². The molecule has 4 nitrogen and oxygen atoms in total. The van der Waals surface area contributed by atoms with Gasteiger partial charge in [0.25, 0.3) is 0 Å². The Morgan fingerprint density at radius 3 is 2.12 bits per heavy atom. The molecule has 0 amide bonds. The second-order valence-corrected chi connectivity index (χ2v) is 6.01. The smallest absolute Gasteiger partial charge is 0.335 e. The van der Waals surface area contributed by atoms with Gasteiger partial charge in [-0.2, -0.15) is 0 Å². The van der Waals surface area contributed by atoms with Crippen molar-refractivity contribution in [3.8, 4) is 0 Å². The minimum Gasteiger partial charge on any atom is -0.478 e. The summed E-state index contributed by atoms with van der Waals surface area (Å²) < 4.78 is 0. The first-order chi connectivity index (χ1) is 11.9. The maximum Gasteiger partial charge on any atom is 0.335 e. The fourth-order valence-corrected chi connectivity index (χ4v) is 2.80. The molecule has 0 spiro atoms. The van der Waals surface area contributed by atoms with Crippen LogP contribution in [0.5, 0.6) is 0 Å². The van der Waals surface area contributed by atoms with E-state index in [1.807, 2.05) is 32.0 Å². The predicted molar refractivity (Wildman–Crippen MR) is 103 cm³/mol. The lowest BCUT2D eigenvalue weighted by Crippen LogP contribution is -2.33. The van der Waals surface area contributed by atoms with Gasteiger partial charge in [0.15, 0.2) is 0 Å². The number of allylic oxidation sites excluding steroid dienone is 1.